The zero-order valence-corrected chi connectivity index (χ0v) is 27.1. The molecular formula is C22H34Ar2BrIN6S2. The topological polar surface area (TPSA) is 83.1 Å². The fourth-order valence-corrected chi connectivity index (χ4v) is 2.79. The molecule has 4 rings (SSSR count). The fraction of sp³-hybridized carbons (Fsp3) is 0.455. The van der Waals surface area contributed by atoms with Gasteiger partial charge in [0.15, 0.2) is 0 Å². The molecule has 12 heteroatoms. The average Bonchev–Trinajstić information content (AvgIpc) is 3.45. The molecule has 0 saturated carbocycles. The van der Waals surface area contributed by atoms with E-state index >= 15 is 0 Å². The van der Waals surface area contributed by atoms with E-state index in [0.29, 0.717) is 0 Å². The van der Waals surface area contributed by atoms with Crippen molar-refractivity contribution in [3.05, 3.63) is 41.9 Å². The maximum absolute atomic E-state index is 4.07. The van der Waals surface area contributed by atoms with Gasteiger partial charge in [0.1, 0.15) is 23.9 Å². The third-order valence-electron chi connectivity index (χ3n) is 3.91. The third-order valence-corrected chi connectivity index (χ3v) is 6.22. The number of fused-ring (bicyclic) bond motifs is 2. The van der Waals surface area contributed by atoms with Gasteiger partial charge >= 0.3 is 0 Å². The van der Waals surface area contributed by atoms with Crippen LogP contribution in [0, 0.1) is 75.5 Å². The van der Waals surface area contributed by atoms with Gasteiger partial charge in [-0.05, 0) is 34.9 Å². The quantitative estimate of drug-likeness (QED) is 0.0862. The Kier molecular flexibility index (Phi) is 31.1. The van der Waals surface area contributed by atoms with Crippen LogP contribution in [0.3, 0.4) is 0 Å². The number of unbranched alkanes of at least 4 members (excludes halogenated alkanes) is 1. The summed E-state index contributed by atoms with van der Waals surface area (Å²) in [5.74, 6) is 0. The second-order valence-electron chi connectivity index (χ2n) is 6.25. The number of alkyl halides is 1. The van der Waals surface area contributed by atoms with E-state index in [2.05, 4.69) is 109 Å². The van der Waals surface area contributed by atoms with Gasteiger partial charge in [-0.2, -0.15) is 12.6 Å². The molecule has 34 heavy (non-hydrogen) atoms. The molecule has 0 fully saturated rings. The molecule has 0 saturated heterocycles. The standard InChI is InChI=1S/C7H7N3S.C6H4BrN3.C4H9I.C4H10.CH4S.2Ar/c1-11-6-3-9-7-5(6)2-8-4-10-7;7-5-2-9-6-4(5)1-8-3-10-6;1-3-4(2)5;1-3-4-2;1-2;;/h2-4H,1H3,(H,8,9,10);1-3H,(H,8,9,10);4H,3H2,1-2H3;3-4H2,1-2H3;2H,1H3;;. The first-order chi connectivity index (χ1) is 15.5. The monoisotopic (exact) mass is 732 g/mol. The summed E-state index contributed by atoms with van der Waals surface area (Å²) in [6, 6.07) is 0. The van der Waals surface area contributed by atoms with Crippen molar-refractivity contribution < 1.29 is 75.5 Å². The smallest absolute Gasteiger partial charge is 0.141 e. The van der Waals surface area contributed by atoms with E-state index in [1.165, 1.54) is 30.5 Å². The molecule has 0 amide bonds. The Balaban J connectivity index is -0.000000387. The van der Waals surface area contributed by atoms with E-state index in [1.807, 2.05) is 24.8 Å². The van der Waals surface area contributed by atoms with E-state index in [-0.39, 0.29) is 75.5 Å². The minimum absolute atomic E-state index is 0. The summed E-state index contributed by atoms with van der Waals surface area (Å²) in [5, 5.41) is 2.11. The first-order valence-electron chi connectivity index (χ1n) is 10.3. The zero-order valence-electron chi connectivity index (χ0n) is 20.3. The van der Waals surface area contributed by atoms with Gasteiger partial charge in [-0.1, -0.05) is 63.1 Å². The summed E-state index contributed by atoms with van der Waals surface area (Å²) in [4.78, 5) is 23.2. The number of rotatable bonds is 3. The number of hydrogen-bond acceptors (Lipinski definition) is 6. The van der Waals surface area contributed by atoms with Crippen LogP contribution in [0.2, 0.25) is 0 Å². The van der Waals surface area contributed by atoms with Crippen LogP contribution in [-0.4, -0.2) is 46.3 Å². The number of H-pyrrole nitrogens is 2. The number of hydrogen-bond donors (Lipinski definition) is 3. The van der Waals surface area contributed by atoms with Crippen molar-refractivity contribution in [3.8, 4) is 0 Å². The summed E-state index contributed by atoms with van der Waals surface area (Å²) in [5.41, 5.74) is 1.77. The van der Waals surface area contributed by atoms with Crippen LogP contribution in [0.5, 0.6) is 0 Å². The fourth-order valence-electron chi connectivity index (χ4n) is 1.83. The molecule has 0 aromatic carbocycles. The Hall–Kier alpha value is 1.67. The predicted molar refractivity (Wildman–Crippen MR) is 157 cm³/mol. The van der Waals surface area contributed by atoms with Crippen molar-refractivity contribution in [2.75, 3.05) is 12.5 Å². The second-order valence-corrected chi connectivity index (χ2v) is 10.1. The average molecular weight is 733 g/mol. The molecular weight excluding hydrogens is 699 g/mol. The molecule has 4 heterocycles. The molecule has 0 bridgehead atoms. The molecule has 6 nitrogen and oxygen atoms in total. The van der Waals surface area contributed by atoms with Crippen molar-refractivity contribution in [1.82, 2.24) is 29.9 Å². The minimum atomic E-state index is 0. The molecule has 0 radical (unpaired) electrons. The molecule has 0 spiro atoms. The number of nitrogens with zero attached hydrogens (tertiary/aromatic N) is 4. The molecule has 1 atom stereocenters. The van der Waals surface area contributed by atoms with Gasteiger partial charge in [-0.3, -0.25) is 0 Å². The number of nitrogens with one attached hydrogen (secondary N) is 2. The van der Waals surface area contributed by atoms with Crippen LogP contribution in [-0.2, 0) is 0 Å². The Morgan fingerprint density at radius 1 is 0.941 bits per heavy atom. The van der Waals surface area contributed by atoms with Crippen molar-refractivity contribution in [1.29, 1.82) is 0 Å². The molecule has 0 aliphatic heterocycles. The van der Waals surface area contributed by atoms with E-state index < -0.39 is 0 Å². The molecule has 1 unspecified atom stereocenters. The number of thioether (sulfide) groups is 1. The maximum atomic E-state index is 4.07. The summed E-state index contributed by atoms with van der Waals surface area (Å²) >= 11 is 11.0. The first kappa shape index (κ1) is 40.2. The molecule has 4 aromatic rings. The summed E-state index contributed by atoms with van der Waals surface area (Å²) in [7, 11) is 0. The normalized spacial score (nSPS) is 9.79. The van der Waals surface area contributed by atoms with Crippen LogP contribution in [0.15, 0.2) is 46.8 Å². The number of thiol groups is 1. The van der Waals surface area contributed by atoms with Gasteiger partial charge < -0.3 is 9.97 Å². The van der Waals surface area contributed by atoms with E-state index in [0.717, 1.165) is 30.5 Å². The Morgan fingerprint density at radius 2 is 1.38 bits per heavy atom. The van der Waals surface area contributed by atoms with Crippen LogP contribution < -0.4 is 0 Å². The number of aromatic nitrogens is 6. The second kappa shape index (κ2) is 26.3. The summed E-state index contributed by atoms with van der Waals surface area (Å²) < 4.78 is 1.86. The first-order valence-corrected chi connectivity index (χ1v) is 14.5. The molecule has 2 N–H and O–H groups in total. The van der Waals surface area contributed by atoms with Crippen LogP contribution in [0.25, 0.3) is 22.1 Å². The van der Waals surface area contributed by atoms with Crippen LogP contribution >= 0.6 is 62.9 Å². The van der Waals surface area contributed by atoms with Gasteiger partial charge in [0.05, 0.1) is 10.8 Å². The zero-order chi connectivity index (χ0) is 24.4. The Morgan fingerprint density at radius 3 is 1.79 bits per heavy atom. The molecule has 0 aliphatic carbocycles. The van der Waals surface area contributed by atoms with E-state index in [4.69, 9.17) is 0 Å². The largest absolute Gasteiger partial charge is 0.345 e. The van der Waals surface area contributed by atoms with Crippen LogP contribution in [0.1, 0.15) is 47.0 Å². The maximum Gasteiger partial charge on any atom is 0.141 e. The van der Waals surface area contributed by atoms with Gasteiger partial charge in [-0.25, -0.2) is 19.9 Å². The van der Waals surface area contributed by atoms with Gasteiger partial charge in [-0.15, -0.1) is 11.8 Å². The van der Waals surface area contributed by atoms with Crippen molar-refractivity contribution in [3.63, 3.8) is 0 Å². The SMILES string of the molecule is Brc1c[nH]c2ncncc12.CCC(C)I.CCCC.CS.CSc1c[nH]c2ncncc12.[Ar].[Ar]. The van der Waals surface area contributed by atoms with Crippen molar-refractivity contribution in [2.24, 2.45) is 0 Å². The van der Waals surface area contributed by atoms with Gasteiger partial charge in [0.25, 0.3) is 0 Å². The van der Waals surface area contributed by atoms with E-state index in [9.17, 15) is 0 Å². The molecule has 0 aliphatic rings. The van der Waals surface area contributed by atoms with Crippen LogP contribution in [0.4, 0.5) is 0 Å². The summed E-state index contributed by atoms with van der Waals surface area (Å²) in [6.45, 7) is 8.76. The van der Waals surface area contributed by atoms with Gasteiger partial charge in [0.2, 0.25) is 0 Å². The predicted octanol–water partition coefficient (Wildman–Crippen LogP) is 7.97. The van der Waals surface area contributed by atoms with E-state index in [1.54, 1.807) is 30.5 Å². The number of aromatic amines is 2. The molecule has 4 aromatic heterocycles. The Labute approximate surface area is 295 Å². The van der Waals surface area contributed by atoms with Crippen molar-refractivity contribution in [2.45, 2.75) is 55.8 Å². The minimum Gasteiger partial charge on any atom is -0.345 e. The molecule has 194 valence electrons. The number of halogens is 2. The Bertz CT molecular complexity index is 986. The summed E-state index contributed by atoms with van der Waals surface area (Å²) in [6.07, 6.45) is 18.1. The third kappa shape index (κ3) is 16.5. The van der Waals surface area contributed by atoms with Gasteiger partial charge in [0, 0.05) is 114 Å². The van der Waals surface area contributed by atoms with Crippen molar-refractivity contribution >= 4 is 85.0 Å².